The molecule has 1 aromatic heterocycles. The Hall–Kier alpha value is -2.90. The van der Waals surface area contributed by atoms with Crippen molar-refractivity contribution in [1.29, 1.82) is 0 Å². The molecular formula is C26H30N4O2S. The average molecular weight is 463 g/mol. The highest BCUT2D eigenvalue weighted by Crippen LogP contribution is 2.41. The number of aliphatic imine (C=N–C) groups is 1. The number of carbonyl (C=O) groups excluding carboxylic acids is 1. The zero-order valence-corrected chi connectivity index (χ0v) is 20.0. The van der Waals surface area contributed by atoms with E-state index >= 15 is 0 Å². The number of hydrogen-bond donors (Lipinski definition) is 1. The molecule has 1 amide bonds. The Morgan fingerprint density at radius 3 is 2.97 bits per heavy atom. The first-order valence-corrected chi connectivity index (χ1v) is 12.5. The van der Waals surface area contributed by atoms with Crippen molar-refractivity contribution in [2.24, 2.45) is 10.7 Å². The molecule has 3 heterocycles. The molecule has 3 aromatic rings. The van der Waals surface area contributed by atoms with E-state index in [4.69, 9.17) is 15.5 Å². The Morgan fingerprint density at radius 1 is 1.30 bits per heavy atom. The van der Waals surface area contributed by atoms with Crippen molar-refractivity contribution in [3.63, 3.8) is 0 Å². The second-order valence-corrected chi connectivity index (χ2v) is 9.90. The van der Waals surface area contributed by atoms with E-state index in [0.717, 1.165) is 54.4 Å². The van der Waals surface area contributed by atoms with Crippen molar-refractivity contribution >= 4 is 44.9 Å². The third-order valence-corrected chi connectivity index (χ3v) is 7.66. The molecule has 2 aromatic carbocycles. The minimum atomic E-state index is -0.00247. The molecule has 1 saturated heterocycles. The third kappa shape index (κ3) is 4.23. The summed E-state index contributed by atoms with van der Waals surface area (Å²) in [6, 6.07) is 12.3. The minimum Gasteiger partial charge on any atom is -0.489 e. The van der Waals surface area contributed by atoms with Crippen LogP contribution in [0.5, 0.6) is 5.75 Å². The zero-order chi connectivity index (χ0) is 22.9. The number of likely N-dealkylation sites (N-methyl/N-ethyl adjacent to an activating group) is 1. The van der Waals surface area contributed by atoms with Crippen molar-refractivity contribution in [1.82, 2.24) is 4.90 Å². The summed E-state index contributed by atoms with van der Waals surface area (Å²) in [6.07, 6.45) is 4.80. The van der Waals surface area contributed by atoms with Gasteiger partial charge in [0, 0.05) is 47.5 Å². The standard InChI is InChI=1S/C26H30N4O2S/c1-3-19-20-8-4-5-9-23(20)33-24(19)15-28-21-13-17(14-22-25(21)29(2)11-12-32-22)26(31)30-10-6-7-18(27)16-30/h4-5,8-9,13-15,18H,3,6-7,10-12,16,27H2,1-2H3/b28-15+. The Labute approximate surface area is 198 Å². The number of piperidine rings is 1. The van der Waals surface area contributed by atoms with Gasteiger partial charge in [-0.05, 0) is 48.4 Å². The van der Waals surface area contributed by atoms with Crippen LogP contribution in [-0.4, -0.2) is 56.4 Å². The van der Waals surface area contributed by atoms with Crippen LogP contribution in [0.3, 0.4) is 0 Å². The molecule has 0 bridgehead atoms. The fourth-order valence-corrected chi connectivity index (χ4v) is 5.97. The Bertz CT molecular complexity index is 1220. The van der Waals surface area contributed by atoms with Crippen LogP contribution < -0.4 is 15.4 Å². The first kappa shape index (κ1) is 21.9. The number of likely N-dealkylation sites (tertiary alicyclic amines) is 1. The van der Waals surface area contributed by atoms with Crippen molar-refractivity contribution in [3.05, 3.63) is 52.4 Å². The summed E-state index contributed by atoms with van der Waals surface area (Å²) in [7, 11) is 2.04. The molecule has 0 aliphatic carbocycles. The summed E-state index contributed by atoms with van der Waals surface area (Å²) >= 11 is 1.76. The van der Waals surface area contributed by atoms with Gasteiger partial charge in [-0.3, -0.25) is 9.79 Å². The second kappa shape index (κ2) is 9.15. The summed E-state index contributed by atoms with van der Waals surface area (Å²) in [5.41, 5.74) is 9.74. The van der Waals surface area contributed by atoms with Crippen molar-refractivity contribution in [3.8, 4) is 5.75 Å². The molecule has 1 atom stereocenters. The Morgan fingerprint density at radius 2 is 2.15 bits per heavy atom. The zero-order valence-electron chi connectivity index (χ0n) is 19.2. The molecule has 172 valence electrons. The summed E-state index contributed by atoms with van der Waals surface area (Å²) in [4.78, 5) is 23.4. The van der Waals surface area contributed by atoms with E-state index in [-0.39, 0.29) is 11.9 Å². The lowest BCUT2D eigenvalue weighted by Crippen LogP contribution is -2.45. The Kier molecular flexibility index (Phi) is 6.08. The van der Waals surface area contributed by atoms with Gasteiger partial charge in [0.05, 0.1) is 12.2 Å². The van der Waals surface area contributed by atoms with Crippen LogP contribution in [0.15, 0.2) is 41.4 Å². The molecule has 2 aliphatic heterocycles. The number of anilines is 1. The lowest BCUT2D eigenvalue weighted by atomic mass is 10.0. The number of hydrogen-bond acceptors (Lipinski definition) is 6. The van der Waals surface area contributed by atoms with E-state index in [0.29, 0.717) is 18.7 Å². The predicted molar refractivity (Wildman–Crippen MR) is 137 cm³/mol. The number of nitrogens with zero attached hydrogens (tertiary/aromatic N) is 3. The molecule has 7 heteroatoms. The number of amides is 1. The van der Waals surface area contributed by atoms with Crippen molar-refractivity contribution in [2.75, 3.05) is 38.2 Å². The highest BCUT2D eigenvalue weighted by molar-refractivity contribution is 7.20. The fourth-order valence-electron chi connectivity index (χ4n) is 4.80. The van der Waals surface area contributed by atoms with E-state index in [1.165, 1.54) is 15.6 Å². The summed E-state index contributed by atoms with van der Waals surface area (Å²) in [5.74, 6) is 0.715. The van der Waals surface area contributed by atoms with Gasteiger partial charge >= 0.3 is 0 Å². The quantitative estimate of drug-likeness (QED) is 0.575. The minimum absolute atomic E-state index is 0.00247. The van der Waals surface area contributed by atoms with Gasteiger partial charge in [-0.15, -0.1) is 11.3 Å². The maximum absolute atomic E-state index is 13.3. The topological polar surface area (TPSA) is 71.2 Å². The van der Waals surface area contributed by atoms with Crippen LogP contribution in [-0.2, 0) is 6.42 Å². The van der Waals surface area contributed by atoms with Gasteiger partial charge in [0.15, 0.2) is 0 Å². The number of aryl methyl sites for hydroxylation is 1. The lowest BCUT2D eigenvalue weighted by Gasteiger charge is -2.32. The highest BCUT2D eigenvalue weighted by atomic mass is 32.1. The smallest absolute Gasteiger partial charge is 0.254 e. The molecule has 0 saturated carbocycles. The van der Waals surface area contributed by atoms with Crippen LogP contribution in [0.1, 0.15) is 40.6 Å². The summed E-state index contributed by atoms with van der Waals surface area (Å²) < 4.78 is 7.24. The van der Waals surface area contributed by atoms with Crippen LogP contribution in [0.25, 0.3) is 10.1 Å². The normalized spacial score (nSPS) is 18.6. The van der Waals surface area contributed by atoms with E-state index in [9.17, 15) is 4.79 Å². The first-order chi connectivity index (χ1) is 16.0. The molecule has 1 fully saturated rings. The van der Waals surface area contributed by atoms with Crippen LogP contribution in [0, 0.1) is 0 Å². The van der Waals surface area contributed by atoms with Gasteiger partial charge in [0.1, 0.15) is 18.0 Å². The molecule has 5 rings (SSSR count). The third-order valence-electron chi connectivity index (χ3n) is 6.52. The van der Waals surface area contributed by atoms with Gasteiger partial charge < -0.3 is 20.3 Å². The number of ether oxygens (including phenoxy) is 1. The second-order valence-electron chi connectivity index (χ2n) is 8.82. The number of nitrogens with two attached hydrogens (primary N) is 1. The number of benzene rings is 2. The van der Waals surface area contributed by atoms with E-state index in [1.807, 2.05) is 30.3 Å². The Balaban J connectivity index is 1.55. The lowest BCUT2D eigenvalue weighted by molar-refractivity contribution is 0.0708. The van der Waals surface area contributed by atoms with Gasteiger partial charge in [-0.2, -0.15) is 0 Å². The molecule has 2 aliphatic rings. The fraction of sp³-hybridized carbons (Fsp3) is 0.385. The maximum Gasteiger partial charge on any atom is 0.254 e. The first-order valence-electron chi connectivity index (χ1n) is 11.7. The molecule has 0 spiro atoms. The van der Waals surface area contributed by atoms with Gasteiger partial charge in [-0.1, -0.05) is 25.1 Å². The highest BCUT2D eigenvalue weighted by Gasteiger charge is 2.26. The van der Waals surface area contributed by atoms with Crippen LogP contribution in [0.4, 0.5) is 11.4 Å². The van der Waals surface area contributed by atoms with Gasteiger partial charge in [-0.25, -0.2) is 0 Å². The van der Waals surface area contributed by atoms with E-state index < -0.39 is 0 Å². The average Bonchev–Trinajstić information content (AvgIpc) is 3.19. The molecule has 6 nitrogen and oxygen atoms in total. The van der Waals surface area contributed by atoms with Crippen LogP contribution in [0.2, 0.25) is 0 Å². The molecular weight excluding hydrogens is 432 g/mol. The molecule has 2 N–H and O–H groups in total. The number of fused-ring (bicyclic) bond motifs is 2. The summed E-state index contributed by atoms with van der Waals surface area (Å²) in [6.45, 7) is 4.89. The monoisotopic (exact) mass is 462 g/mol. The van der Waals surface area contributed by atoms with Gasteiger partial charge in [0.25, 0.3) is 5.91 Å². The largest absolute Gasteiger partial charge is 0.489 e. The number of thiophene rings is 1. The molecule has 0 radical (unpaired) electrons. The van der Waals surface area contributed by atoms with E-state index in [1.54, 1.807) is 11.3 Å². The van der Waals surface area contributed by atoms with E-state index in [2.05, 4.69) is 36.1 Å². The maximum atomic E-state index is 13.3. The molecule has 33 heavy (non-hydrogen) atoms. The van der Waals surface area contributed by atoms with Crippen LogP contribution >= 0.6 is 11.3 Å². The molecule has 1 unspecified atom stereocenters. The number of carbonyl (C=O) groups is 1. The summed E-state index contributed by atoms with van der Waals surface area (Å²) in [5, 5.41) is 1.29. The SMILES string of the molecule is CCc1c(/C=N/c2cc(C(=O)N3CCCC(N)C3)cc3c2N(C)CCO3)sc2ccccc12. The number of rotatable bonds is 4. The van der Waals surface area contributed by atoms with Crippen molar-refractivity contribution < 1.29 is 9.53 Å². The van der Waals surface area contributed by atoms with Crippen molar-refractivity contribution in [2.45, 2.75) is 32.2 Å². The van der Waals surface area contributed by atoms with Gasteiger partial charge in [0.2, 0.25) is 0 Å². The predicted octanol–water partition coefficient (Wildman–Crippen LogP) is 4.61.